The number of anilines is 2. The molecule has 0 radical (unpaired) electrons. The molecule has 7 rings (SSSR count). The Kier molecular flexibility index (Phi) is 30.1. The molecule has 2 saturated heterocycles. The Hall–Kier alpha value is -8.88. The fourth-order valence-corrected chi connectivity index (χ4v) is 12.5. The minimum Gasteiger partial charge on any atom is -0.495 e. The Balaban J connectivity index is 0.892. The van der Waals surface area contributed by atoms with Crippen molar-refractivity contribution in [2.75, 3.05) is 92.1 Å². The summed E-state index contributed by atoms with van der Waals surface area (Å²) < 4.78 is 48.6. The average Bonchev–Trinajstić information content (AvgIpc) is 1.57. The number of aromatic nitrogens is 1. The molecule has 103 heavy (non-hydrogen) atoms. The van der Waals surface area contributed by atoms with Gasteiger partial charge in [-0.05, 0) is 106 Å². The number of para-hydroxylation sites is 1. The summed E-state index contributed by atoms with van der Waals surface area (Å²) in [4.78, 5) is 123. The van der Waals surface area contributed by atoms with Gasteiger partial charge in [0.15, 0.2) is 5.72 Å². The number of aryl methyl sites for hydroxylation is 1. The number of urea groups is 1. The van der Waals surface area contributed by atoms with E-state index in [0.717, 1.165) is 32.6 Å². The van der Waals surface area contributed by atoms with Gasteiger partial charge in [-0.25, -0.2) is 24.2 Å². The second kappa shape index (κ2) is 38.0. The Bertz CT molecular complexity index is 3690. The van der Waals surface area contributed by atoms with Gasteiger partial charge in [0, 0.05) is 90.0 Å². The SMILES string of the molecule is CNN(C)Cc1cc2ccccc2n1CCC(=O)NCCOCCOCCC(=O)N[C@H](C(=O)N[C@@H](CCCNC(N)=O)C(=O)Nc1ccc(COC(=O)N(C)[C@@H](C)C(=O)O[C@H]2CC(=O)N(C)c3cc(cc(OC)c3Cl)C/C(C)=C/C=C/[C@@H](OC)[C@@]3(O)C[C@H](OC(=O)N3)[C@@H](C)[C@@H]3O[C@]23C)cc1)C(C)C. The highest BCUT2D eigenvalue weighted by Gasteiger charge is 2.64. The number of carbonyl (C=O) groups is 9. The smallest absolute Gasteiger partial charge is 0.410 e. The molecule has 564 valence electrons. The number of methoxy groups -OCH3 is 2. The van der Waals surface area contributed by atoms with E-state index in [1.807, 2.05) is 50.3 Å². The monoisotopic (exact) mass is 1460 g/mol. The van der Waals surface area contributed by atoms with E-state index in [4.69, 9.17) is 55.2 Å². The molecule has 4 bridgehead atoms. The van der Waals surface area contributed by atoms with Crippen LogP contribution in [0, 0.1) is 11.8 Å². The van der Waals surface area contributed by atoms with Gasteiger partial charge in [0.25, 0.3) is 0 Å². The van der Waals surface area contributed by atoms with E-state index < -0.39 is 120 Å². The van der Waals surface area contributed by atoms with Crippen molar-refractivity contribution in [2.24, 2.45) is 17.6 Å². The number of allylic oxidation sites excluding steroid dienone is 3. The van der Waals surface area contributed by atoms with Gasteiger partial charge in [-0.2, -0.15) is 0 Å². The number of halogens is 1. The van der Waals surface area contributed by atoms with Crippen LogP contribution in [0.15, 0.2) is 90.5 Å². The van der Waals surface area contributed by atoms with E-state index in [-0.39, 0.29) is 82.6 Å². The first kappa shape index (κ1) is 81.4. The quantitative estimate of drug-likeness (QED) is 0.00959. The van der Waals surface area contributed by atoms with Crippen molar-refractivity contribution in [2.45, 2.75) is 160 Å². The van der Waals surface area contributed by atoms with E-state index in [9.17, 15) is 48.3 Å². The molecular weight excluding hydrogens is 1360 g/mol. The summed E-state index contributed by atoms with van der Waals surface area (Å²) in [5.41, 5.74) is 9.97. The highest BCUT2D eigenvalue weighted by atomic mass is 35.5. The van der Waals surface area contributed by atoms with Crippen molar-refractivity contribution >= 4 is 87.6 Å². The van der Waals surface area contributed by atoms with Crippen LogP contribution in [0.25, 0.3) is 10.9 Å². The van der Waals surface area contributed by atoms with Crippen LogP contribution in [-0.4, -0.2) is 209 Å². The normalized spacial score (nSPS) is 22.2. The maximum Gasteiger partial charge on any atom is 0.410 e. The number of carbonyl (C=O) groups excluding carboxylic acids is 9. The first-order valence-electron chi connectivity index (χ1n) is 34.4. The highest BCUT2D eigenvalue weighted by molar-refractivity contribution is 6.35. The molecule has 10 N–H and O–H groups in total. The van der Waals surface area contributed by atoms with Crippen molar-refractivity contribution in [1.82, 2.24) is 46.5 Å². The van der Waals surface area contributed by atoms with Gasteiger partial charge >= 0.3 is 24.2 Å². The first-order valence-corrected chi connectivity index (χ1v) is 34.8. The number of hydrogen-bond acceptors (Lipinski definition) is 20. The lowest BCUT2D eigenvalue weighted by Gasteiger charge is -2.42. The zero-order valence-corrected chi connectivity index (χ0v) is 61.5. The zero-order valence-electron chi connectivity index (χ0n) is 60.7. The van der Waals surface area contributed by atoms with Crippen LogP contribution >= 0.6 is 11.6 Å². The number of hydrogen-bond donors (Lipinski definition) is 9. The standard InChI is InChI=1S/C72H101ClN12O18/c1-43(2)63(80-60(87)27-31-98-33-34-99-32-29-76-59(86)26-30-85-51(41-82(8)75-7)38-49-18-13-14-20-53(49)85)66(90)79-52(19-16-28-77-68(74)92)65(89)78-50-24-22-47(23-25-50)42-100-70(94)83(9)46(5)67(91)102-58-39-61(88)84(10)54-36-48(37-55(96-11)62(54)73)35-44(3)17-15-21-57(97-12)72(95)40-56(101-69(93)81-72)45(4)64-71(58,6)103-64/h13-15,17-18,20-25,36-38,43,45-46,52,56-58,63-64,75,95H,16,19,26-35,39-42H2,1-12H3,(H,76,86)(H,78,89)(H,79,90)(H,80,87)(H,81,93)(H3,74,77,92)/b21-15+,44-17+/t45-,46+,52+,56+,57-,58+,63+,64+,71-,72+/m1/s1. The largest absolute Gasteiger partial charge is 0.495 e. The van der Waals surface area contributed by atoms with Crippen LogP contribution in [0.3, 0.4) is 0 Å². The number of nitrogens with two attached hydrogens (primary N) is 1. The number of amides is 9. The van der Waals surface area contributed by atoms with E-state index in [2.05, 4.69) is 54.0 Å². The Morgan fingerprint density at radius 1 is 0.903 bits per heavy atom. The van der Waals surface area contributed by atoms with E-state index >= 15 is 0 Å². The second-order valence-electron chi connectivity index (χ2n) is 26.5. The lowest BCUT2D eigenvalue weighted by Crippen LogP contribution is -2.63. The van der Waals surface area contributed by atoms with Crippen LogP contribution < -0.4 is 52.7 Å². The van der Waals surface area contributed by atoms with Gasteiger partial charge < -0.3 is 84.8 Å². The van der Waals surface area contributed by atoms with Crippen LogP contribution in [0.1, 0.15) is 96.9 Å². The van der Waals surface area contributed by atoms with E-state index in [1.165, 1.54) is 40.1 Å². The summed E-state index contributed by atoms with van der Waals surface area (Å²) >= 11 is 6.85. The number of nitrogens with zero attached hydrogens (tertiary/aromatic N) is 4. The number of primary amides is 1. The summed E-state index contributed by atoms with van der Waals surface area (Å²) in [6, 6.07) is 15.7. The average molecular weight is 1460 g/mol. The molecule has 4 heterocycles. The number of hydrazine groups is 1. The van der Waals surface area contributed by atoms with Gasteiger partial charge in [0.2, 0.25) is 29.5 Å². The molecule has 10 atom stereocenters. The van der Waals surface area contributed by atoms with Gasteiger partial charge in [0.05, 0.1) is 58.3 Å². The van der Waals surface area contributed by atoms with Crippen LogP contribution in [0.5, 0.6) is 5.75 Å². The van der Waals surface area contributed by atoms with Crippen LogP contribution in [0.4, 0.5) is 25.8 Å². The maximum atomic E-state index is 14.5. The molecule has 3 aliphatic heterocycles. The number of rotatable bonds is 32. The number of esters is 1. The van der Waals surface area contributed by atoms with Crippen molar-refractivity contribution in [1.29, 1.82) is 0 Å². The number of aliphatic hydroxyl groups is 1. The molecule has 30 nitrogen and oxygen atoms in total. The van der Waals surface area contributed by atoms with Gasteiger partial charge in [-0.1, -0.05) is 86.5 Å². The minimum absolute atomic E-state index is 0.0307. The van der Waals surface area contributed by atoms with Crippen molar-refractivity contribution in [3.63, 3.8) is 0 Å². The number of ether oxygens (including phenoxy) is 8. The lowest BCUT2D eigenvalue weighted by molar-refractivity contribution is -0.158. The Labute approximate surface area is 605 Å². The predicted octanol–water partition coefficient (Wildman–Crippen LogP) is 5.49. The Morgan fingerprint density at radius 3 is 2.31 bits per heavy atom. The van der Waals surface area contributed by atoms with Crippen molar-refractivity contribution in [3.05, 3.63) is 112 Å². The van der Waals surface area contributed by atoms with Gasteiger partial charge in [-0.3, -0.25) is 39.6 Å². The maximum absolute atomic E-state index is 14.5. The van der Waals surface area contributed by atoms with E-state index in [0.29, 0.717) is 48.7 Å². The minimum atomic E-state index is -1.92. The molecule has 3 aliphatic rings. The van der Waals surface area contributed by atoms with Gasteiger partial charge in [0.1, 0.15) is 59.4 Å². The summed E-state index contributed by atoms with van der Waals surface area (Å²) in [5.74, 6) is -4.00. The Morgan fingerprint density at radius 2 is 1.62 bits per heavy atom. The summed E-state index contributed by atoms with van der Waals surface area (Å²) in [6.45, 7) is 12.2. The van der Waals surface area contributed by atoms with Crippen molar-refractivity contribution in [3.8, 4) is 5.75 Å². The molecule has 0 saturated carbocycles. The number of epoxide rings is 1. The molecule has 1 aromatic heterocycles. The summed E-state index contributed by atoms with van der Waals surface area (Å²) in [5, 5.41) is 31.3. The molecule has 2 fully saturated rings. The fraction of sp³-hybridized carbons (Fsp3) is 0.542. The third kappa shape index (κ3) is 22.8. The molecule has 4 aromatic rings. The molecule has 9 amide bonds. The first-order chi connectivity index (χ1) is 49.0. The molecule has 31 heteroatoms. The molecule has 0 spiro atoms. The topological polar surface area (TPSA) is 376 Å². The zero-order chi connectivity index (χ0) is 75.3. The number of fused-ring (bicyclic) bond motifs is 6. The third-order valence-corrected chi connectivity index (χ3v) is 18.9. The molecule has 0 aliphatic carbocycles. The van der Waals surface area contributed by atoms with E-state index in [1.54, 1.807) is 76.2 Å². The molecular formula is C72H101ClN12O18. The lowest BCUT2D eigenvalue weighted by atomic mass is 9.83. The van der Waals surface area contributed by atoms with Gasteiger partial charge in [-0.15, -0.1) is 0 Å². The number of likely N-dealkylation sites (N-methyl/N-ethyl adjacent to an activating group) is 1. The molecule has 3 aromatic carbocycles. The highest BCUT2D eigenvalue weighted by Crippen LogP contribution is 2.49. The fourth-order valence-electron chi connectivity index (χ4n) is 12.2. The number of alkyl carbamates (subject to hydrolysis) is 1. The summed E-state index contributed by atoms with van der Waals surface area (Å²) in [7, 11) is 9.52. The number of benzene rings is 3. The molecule has 0 unspecified atom stereocenters. The number of nitrogens with one attached hydrogen (secondary N) is 7. The third-order valence-electron chi connectivity index (χ3n) is 18.5. The van der Waals surface area contributed by atoms with Crippen LogP contribution in [0.2, 0.25) is 5.02 Å². The predicted molar refractivity (Wildman–Crippen MR) is 383 cm³/mol. The van der Waals surface area contributed by atoms with Crippen molar-refractivity contribution < 1.29 is 86.2 Å². The van der Waals surface area contributed by atoms with Crippen LogP contribution in [-0.2, 0) is 88.0 Å². The second-order valence-corrected chi connectivity index (χ2v) is 26.9. The summed E-state index contributed by atoms with van der Waals surface area (Å²) in [6.07, 6.45) is -0.383.